The predicted octanol–water partition coefficient (Wildman–Crippen LogP) is 2.16. The molecule has 2 aliphatic rings. The molecule has 1 saturated carbocycles. The topological polar surface area (TPSA) is 24.1 Å². The molecule has 2 N–H and O–H groups in total. The third-order valence-corrected chi connectivity index (χ3v) is 4.02. The zero-order valence-corrected chi connectivity index (χ0v) is 10.1. The van der Waals surface area contributed by atoms with Gasteiger partial charge in [-0.05, 0) is 69.5 Å². The molecule has 0 spiro atoms. The van der Waals surface area contributed by atoms with Gasteiger partial charge in [-0.15, -0.1) is 0 Å². The van der Waals surface area contributed by atoms with Gasteiger partial charge in [0.05, 0.1) is 0 Å². The lowest BCUT2D eigenvalue weighted by Gasteiger charge is -2.22. The summed E-state index contributed by atoms with van der Waals surface area (Å²) in [5.41, 5.74) is 0.673. The normalized spacial score (nSPS) is 29.0. The lowest BCUT2D eigenvalue weighted by Crippen LogP contribution is -2.30. The SMILES string of the molecule is CC1(CNCCCC2CCCNC2)CC1. The molecule has 1 aliphatic carbocycles. The molecule has 1 saturated heterocycles. The van der Waals surface area contributed by atoms with Gasteiger partial charge in [0.25, 0.3) is 0 Å². The Bertz CT molecular complexity index is 181. The second-order valence-corrected chi connectivity index (χ2v) is 5.84. The van der Waals surface area contributed by atoms with E-state index in [0.717, 1.165) is 5.92 Å². The quantitative estimate of drug-likeness (QED) is 0.657. The summed E-state index contributed by atoms with van der Waals surface area (Å²) in [5.74, 6) is 0.956. The molecule has 2 rings (SSSR count). The summed E-state index contributed by atoms with van der Waals surface area (Å²) >= 11 is 0. The first-order valence-corrected chi connectivity index (χ1v) is 6.70. The van der Waals surface area contributed by atoms with Crippen LogP contribution in [0, 0.1) is 11.3 Å². The first-order valence-electron chi connectivity index (χ1n) is 6.70. The zero-order chi connectivity index (χ0) is 10.6. The molecule has 1 atom stereocenters. The van der Waals surface area contributed by atoms with Crippen molar-refractivity contribution < 1.29 is 0 Å². The van der Waals surface area contributed by atoms with Gasteiger partial charge in [0.1, 0.15) is 0 Å². The standard InChI is InChI=1S/C13H26N2/c1-13(6-7-13)11-15-9-3-5-12-4-2-8-14-10-12/h12,14-15H,2-11H2,1H3. The third kappa shape index (κ3) is 4.12. The second kappa shape index (κ2) is 5.31. The fourth-order valence-corrected chi connectivity index (χ4v) is 2.47. The smallest absolute Gasteiger partial charge is 0.000517 e. The molecule has 1 heterocycles. The van der Waals surface area contributed by atoms with E-state index in [0.29, 0.717) is 5.41 Å². The average molecular weight is 210 g/mol. The summed E-state index contributed by atoms with van der Waals surface area (Å²) in [7, 11) is 0. The lowest BCUT2D eigenvalue weighted by molar-refractivity contribution is 0.346. The average Bonchev–Trinajstić information content (AvgIpc) is 2.98. The Morgan fingerprint density at radius 3 is 2.93 bits per heavy atom. The molecule has 88 valence electrons. The van der Waals surface area contributed by atoms with Crippen molar-refractivity contribution in [1.82, 2.24) is 10.6 Å². The maximum atomic E-state index is 3.61. The van der Waals surface area contributed by atoms with Crippen molar-refractivity contribution in [2.45, 2.75) is 45.4 Å². The van der Waals surface area contributed by atoms with Gasteiger partial charge in [0.2, 0.25) is 0 Å². The number of nitrogens with one attached hydrogen (secondary N) is 2. The van der Waals surface area contributed by atoms with Gasteiger partial charge in [0.15, 0.2) is 0 Å². The molecular formula is C13H26N2. The van der Waals surface area contributed by atoms with Crippen LogP contribution in [0.2, 0.25) is 0 Å². The van der Waals surface area contributed by atoms with Crippen LogP contribution in [-0.4, -0.2) is 26.2 Å². The predicted molar refractivity (Wildman–Crippen MR) is 65.0 cm³/mol. The fourth-order valence-electron chi connectivity index (χ4n) is 2.47. The Labute approximate surface area is 94.2 Å². The van der Waals surface area contributed by atoms with E-state index in [1.807, 2.05) is 0 Å². The number of rotatable bonds is 6. The second-order valence-electron chi connectivity index (χ2n) is 5.84. The highest BCUT2D eigenvalue weighted by Crippen LogP contribution is 2.43. The summed E-state index contributed by atoms with van der Waals surface area (Å²) < 4.78 is 0. The molecule has 2 nitrogen and oxygen atoms in total. The first-order chi connectivity index (χ1) is 7.29. The molecule has 15 heavy (non-hydrogen) atoms. The van der Waals surface area contributed by atoms with Crippen LogP contribution in [-0.2, 0) is 0 Å². The van der Waals surface area contributed by atoms with Gasteiger partial charge in [-0.2, -0.15) is 0 Å². The molecule has 2 heteroatoms. The fraction of sp³-hybridized carbons (Fsp3) is 1.00. The molecule has 2 fully saturated rings. The van der Waals surface area contributed by atoms with E-state index in [1.54, 1.807) is 0 Å². The van der Waals surface area contributed by atoms with E-state index >= 15 is 0 Å². The highest BCUT2D eigenvalue weighted by molar-refractivity contribution is 4.90. The van der Waals surface area contributed by atoms with E-state index in [2.05, 4.69) is 17.6 Å². The minimum atomic E-state index is 0.673. The van der Waals surface area contributed by atoms with E-state index in [4.69, 9.17) is 0 Å². The Morgan fingerprint density at radius 2 is 2.27 bits per heavy atom. The monoisotopic (exact) mass is 210 g/mol. The van der Waals surface area contributed by atoms with Crippen molar-refractivity contribution in [3.05, 3.63) is 0 Å². The van der Waals surface area contributed by atoms with E-state index < -0.39 is 0 Å². The Hall–Kier alpha value is -0.0800. The highest BCUT2D eigenvalue weighted by atomic mass is 14.9. The van der Waals surface area contributed by atoms with Gasteiger partial charge < -0.3 is 10.6 Å². The molecule has 1 aliphatic heterocycles. The van der Waals surface area contributed by atoms with Crippen LogP contribution in [0.15, 0.2) is 0 Å². The van der Waals surface area contributed by atoms with Crippen LogP contribution in [0.3, 0.4) is 0 Å². The van der Waals surface area contributed by atoms with Crippen LogP contribution in [0.4, 0.5) is 0 Å². The van der Waals surface area contributed by atoms with Crippen molar-refractivity contribution in [1.29, 1.82) is 0 Å². The van der Waals surface area contributed by atoms with Gasteiger partial charge >= 0.3 is 0 Å². The summed E-state index contributed by atoms with van der Waals surface area (Å²) in [5, 5.41) is 7.10. The first kappa shape index (κ1) is 11.4. The molecule has 1 unspecified atom stereocenters. The maximum absolute atomic E-state index is 3.61. The zero-order valence-electron chi connectivity index (χ0n) is 10.1. The van der Waals surface area contributed by atoms with Gasteiger partial charge in [-0.1, -0.05) is 6.92 Å². The molecule has 0 amide bonds. The Balaban J connectivity index is 1.44. The minimum Gasteiger partial charge on any atom is -0.316 e. The van der Waals surface area contributed by atoms with Crippen LogP contribution >= 0.6 is 0 Å². The number of hydrogen-bond donors (Lipinski definition) is 2. The van der Waals surface area contributed by atoms with E-state index in [9.17, 15) is 0 Å². The van der Waals surface area contributed by atoms with E-state index in [1.165, 1.54) is 64.7 Å². The maximum Gasteiger partial charge on any atom is 0.000517 e. The molecular weight excluding hydrogens is 184 g/mol. The number of hydrogen-bond acceptors (Lipinski definition) is 2. The van der Waals surface area contributed by atoms with Gasteiger partial charge in [0, 0.05) is 6.54 Å². The summed E-state index contributed by atoms with van der Waals surface area (Å²) in [6.45, 7) is 7.37. The Kier molecular flexibility index (Phi) is 4.04. The lowest BCUT2D eigenvalue weighted by atomic mass is 9.95. The minimum absolute atomic E-state index is 0.673. The molecule has 0 aromatic heterocycles. The summed E-state index contributed by atoms with van der Waals surface area (Å²) in [6.07, 6.45) is 8.49. The summed E-state index contributed by atoms with van der Waals surface area (Å²) in [4.78, 5) is 0. The van der Waals surface area contributed by atoms with Gasteiger partial charge in [-0.25, -0.2) is 0 Å². The van der Waals surface area contributed by atoms with Crippen molar-refractivity contribution >= 4 is 0 Å². The van der Waals surface area contributed by atoms with Gasteiger partial charge in [-0.3, -0.25) is 0 Å². The van der Waals surface area contributed by atoms with Crippen molar-refractivity contribution in [2.24, 2.45) is 11.3 Å². The summed E-state index contributed by atoms with van der Waals surface area (Å²) in [6, 6.07) is 0. The van der Waals surface area contributed by atoms with Crippen molar-refractivity contribution in [3.8, 4) is 0 Å². The highest BCUT2D eigenvalue weighted by Gasteiger charge is 2.36. The van der Waals surface area contributed by atoms with Crippen LogP contribution in [0.25, 0.3) is 0 Å². The third-order valence-electron chi connectivity index (χ3n) is 4.02. The molecule has 0 aromatic rings. The van der Waals surface area contributed by atoms with Crippen LogP contribution in [0.1, 0.15) is 45.4 Å². The molecule has 0 aromatic carbocycles. The Morgan fingerprint density at radius 1 is 1.40 bits per heavy atom. The van der Waals surface area contributed by atoms with E-state index in [-0.39, 0.29) is 0 Å². The largest absolute Gasteiger partial charge is 0.316 e. The number of piperidine rings is 1. The molecule has 0 bridgehead atoms. The van der Waals surface area contributed by atoms with Crippen molar-refractivity contribution in [2.75, 3.05) is 26.2 Å². The molecule has 0 radical (unpaired) electrons. The van der Waals surface area contributed by atoms with Crippen LogP contribution < -0.4 is 10.6 Å². The van der Waals surface area contributed by atoms with Crippen LogP contribution in [0.5, 0.6) is 0 Å². The van der Waals surface area contributed by atoms with Crippen molar-refractivity contribution in [3.63, 3.8) is 0 Å².